The fourth-order valence-corrected chi connectivity index (χ4v) is 0.331. The van der Waals surface area contributed by atoms with Crippen LogP contribution in [-0.4, -0.2) is 19.0 Å². The minimum Gasteiger partial charge on any atom is -0.386 e. The molecule has 0 atom stereocenters. The van der Waals surface area contributed by atoms with Crippen LogP contribution in [0.1, 0.15) is 0 Å². The van der Waals surface area contributed by atoms with Gasteiger partial charge in [-0.05, 0) is 12.2 Å². The molecule has 4 nitrogen and oxygen atoms in total. The van der Waals surface area contributed by atoms with Crippen molar-refractivity contribution < 1.29 is 0 Å². The molecular formula is C6H14N4. The first-order chi connectivity index (χ1) is 4.54. The van der Waals surface area contributed by atoms with E-state index in [0.717, 1.165) is 0 Å². The van der Waals surface area contributed by atoms with Crippen molar-refractivity contribution in [1.82, 2.24) is 4.90 Å². The summed E-state index contributed by atoms with van der Waals surface area (Å²) in [5.74, 6) is 0.873. The molecule has 0 rings (SSSR count). The van der Waals surface area contributed by atoms with Gasteiger partial charge in [0.1, 0.15) is 0 Å². The zero-order valence-electron chi connectivity index (χ0n) is 6.33. The van der Waals surface area contributed by atoms with Crippen LogP contribution in [0.25, 0.3) is 0 Å². The molecule has 0 aliphatic carbocycles. The van der Waals surface area contributed by atoms with E-state index in [4.69, 9.17) is 17.2 Å². The van der Waals surface area contributed by atoms with Crippen molar-refractivity contribution in [3.63, 3.8) is 0 Å². The Morgan fingerprint density at radius 1 is 1.10 bits per heavy atom. The second kappa shape index (κ2) is 3.66. The van der Waals surface area contributed by atoms with Gasteiger partial charge in [0.2, 0.25) is 0 Å². The van der Waals surface area contributed by atoms with Crippen LogP contribution in [0.2, 0.25) is 0 Å². The van der Waals surface area contributed by atoms with E-state index in [1.807, 2.05) is 14.1 Å². The molecule has 0 aromatic rings. The minimum atomic E-state index is 0.254. The number of hydrogen-bond acceptors (Lipinski definition) is 4. The molecule has 0 unspecified atom stereocenters. The van der Waals surface area contributed by atoms with E-state index >= 15 is 0 Å². The van der Waals surface area contributed by atoms with Crippen LogP contribution < -0.4 is 17.2 Å². The van der Waals surface area contributed by atoms with Gasteiger partial charge >= 0.3 is 0 Å². The summed E-state index contributed by atoms with van der Waals surface area (Å²) in [5.41, 5.74) is 15.8. The molecule has 0 heterocycles. The van der Waals surface area contributed by atoms with Gasteiger partial charge in [-0.15, -0.1) is 0 Å². The summed E-state index contributed by atoms with van der Waals surface area (Å²) >= 11 is 0. The Kier molecular flexibility index (Phi) is 3.17. The lowest BCUT2D eigenvalue weighted by atomic mass is 10.5. The van der Waals surface area contributed by atoms with E-state index in [-0.39, 0.29) is 5.82 Å². The largest absolute Gasteiger partial charge is 0.386 e. The minimum absolute atomic E-state index is 0.254. The average molecular weight is 142 g/mol. The zero-order valence-corrected chi connectivity index (χ0v) is 6.33. The molecule has 4 heteroatoms. The fraction of sp³-hybridized carbons (Fsp3) is 0.333. The lowest BCUT2D eigenvalue weighted by Gasteiger charge is -2.10. The van der Waals surface area contributed by atoms with Crippen LogP contribution in [0, 0.1) is 0 Å². The van der Waals surface area contributed by atoms with E-state index in [2.05, 4.69) is 0 Å². The van der Waals surface area contributed by atoms with Crippen molar-refractivity contribution in [1.29, 1.82) is 0 Å². The molecule has 0 saturated carbocycles. The van der Waals surface area contributed by atoms with E-state index in [1.165, 1.54) is 0 Å². The Morgan fingerprint density at radius 3 is 1.90 bits per heavy atom. The molecule has 6 N–H and O–H groups in total. The van der Waals surface area contributed by atoms with Crippen molar-refractivity contribution in [3.05, 3.63) is 23.8 Å². The molecule has 0 radical (unpaired) electrons. The van der Waals surface area contributed by atoms with E-state index in [9.17, 15) is 0 Å². The van der Waals surface area contributed by atoms with Crippen molar-refractivity contribution in [2.45, 2.75) is 0 Å². The smallest absolute Gasteiger partial charge is 0.0982 e. The molecule has 0 aliphatic heterocycles. The third-order valence-corrected chi connectivity index (χ3v) is 0.963. The number of hydrogen-bond donors (Lipinski definition) is 3. The van der Waals surface area contributed by atoms with Gasteiger partial charge in [-0.3, -0.25) is 0 Å². The summed E-state index contributed by atoms with van der Waals surface area (Å²) in [6.45, 7) is 0. The Bertz CT molecular complexity index is 153. The SMILES string of the molecule is CN(C)/C(N)=C/C=C(N)N. The topological polar surface area (TPSA) is 81.3 Å². The van der Waals surface area contributed by atoms with Crippen LogP contribution in [-0.2, 0) is 0 Å². The average Bonchev–Trinajstić information content (AvgIpc) is 1.82. The molecule has 58 valence electrons. The third kappa shape index (κ3) is 3.65. The second-order valence-corrected chi connectivity index (χ2v) is 2.15. The maximum absolute atomic E-state index is 5.50. The Hall–Kier alpha value is -1.32. The van der Waals surface area contributed by atoms with Crippen LogP contribution in [0.3, 0.4) is 0 Å². The monoisotopic (exact) mass is 142 g/mol. The summed E-state index contributed by atoms with van der Waals surface area (Å²) in [7, 11) is 3.68. The van der Waals surface area contributed by atoms with Crippen LogP contribution in [0.5, 0.6) is 0 Å². The van der Waals surface area contributed by atoms with Gasteiger partial charge in [-0.1, -0.05) is 0 Å². The molecular weight excluding hydrogens is 128 g/mol. The standard InChI is InChI=1S/C6H14N4/c1-10(2)6(9)4-3-5(7)8/h3-4H,7-9H2,1-2H3/b6-4+. The summed E-state index contributed by atoms with van der Waals surface area (Å²) in [6, 6.07) is 0. The number of nitrogens with two attached hydrogens (primary N) is 3. The Morgan fingerprint density at radius 2 is 1.60 bits per heavy atom. The first kappa shape index (κ1) is 8.68. The summed E-state index contributed by atoms with van der Waals surface area (Å²) in [6.07, 6.45) is 3.20. The highest BCUT2D eigenvalue weighted by molar-refractivity contribution is 5.10. The predicted molar refractivity (Wildman–Crippen MR) is 42.4 cm³/mol. The highest BCUT2D eigenvalue weighted by atomic mass is 15.1. The van der Waals surface area contributed by atoms with Gasteiger partial charge in [0, 0.05) is 14.1 Å². The first-order valence-corrected chi connectivity index (χ1v) is 2.89. The molecule has 0 fully saturated rings. The normalized spacial score (nSPS) is 10.8. The highest BCUT2D eigenvalue weighted by Gasteiger charge is 1.87. The highest BCUT2D eigenvalue weighted by Crippen LogP contribution is 1.88. The zero-order chi connectivity index (χ0) is 8.15. The quantitative estimate of drug-likeness (QED) is 0.437. The molecule has 0 aromatic carbocycles. The first-order valence-electron chi connectivity index (χ1n) is 2.89. The van der Waals surface area contributed by atoms with Gasteiger partial charge in [0.05, 0.1) is 11.6 Å². The second-order valence-electron chi connectivity index (χ2n) is 2.15. The number of nitrogens with zero attached hydrogens (tertiary/aromatic N) is 1. The van der Waals surface area contributed by atoms with Crippen LogP contribution in [0.4, 0.5) is 0 Å². The van der Waals surface area contributed by atoms with Crippen molar-refractivity contribution in [3.8, 4) is 0 Å². The van der Waals surface area contributed by atoms with Gasteiger partial charge in [0.15, 0.2) is 0 Å². The lowest BCUT2D eigenvalue weighted by Crippen LogP contribution is -2.18. The Labute approximate surface area is 61.0 Å². The maximum Gasteiger partial charge on any atom is 0.0982 e. The van der Waals surface area contributed by atoms with Crippen LogP contribution >= 0.6 is 0 Å². The van der Waals surface area contributed by atoms with E-state index < -0.39 is 0 Å². The summed E-state index contributed by atoms with van der Waals surface area (Å²) < 4.78 is 0. The summed E-state index contributed by atoms with van der Waals surface area (Å²) in [5, 5.41) is 0. The van der Waals surface area contributed by atoms with Gasteiger partial charge in [-0.25, -0.2) is 0 Å². The molecule has 0 bridgehead atoms. The van der Waals surface area contributed by atoms with Gasteiger partial charge in [-0.2, -0.15) is 0 Å². The summed E-state index contributed by atoms with van der Waals surface area (Å²) in [4.78, 5) is 1.76. The molecule has 0 aliphatic rings. The molecule has 10 heavy (non-hydrogen) atoms. The third-order valence-electron chi connectivity index (χ3n) is 0.963. The van der Waals surface area contributed by atoms with Crippen LogP contribution in [0.15, 0.2) is 23.8 Å². The maximum atomic E-state index is 5.50. The molecule has 0 spiro atoms. The number of rotatable bonds is 2. The van der Waals surface area contributed by atoms with Crippen molar-refractivity contribution in [2.24, 2.45) is 17.2 Å². The molecule has 0 saturated heterocycles. The van der Waals surface area contributed by atoms with E-state index in [1.54, 1.807) is 17.1 Å². The Balaban J connectivity index is 4.05. The van der Waals surface area contributed by atoms with E-state index in [0.29, 0.717) is 5.82 Å². The molecule has 0 aromatic heterocycles. The van der Waals surface area contributed by atoms with Crippen molar-refractivity contribution >= 4 is 0 Å². The van der Waals surface area contributed by atoms with Gasteiger partial charge in [0.25, 0.3) is 0 Å². The van der Waals surface area contributed by atoms with Gasteiger partial charge < -0.3 is 22.1 Å². The lowest BCUT2D eigenvalue weighted by molar-refractivity contribution is 0.506. The number of allylic oxidation sites excluding steroid dienone is 2. The van der Waals surface area contributed by atoms with Crippen molar-refractivity contribution in [2.75, 3.05) is 14.1 Å². The molecule has 0 amide bonds. The fourth-order valence-electron chi connectivity index (χ4n) is 0.331. The predicted octanol–water partition coefficient (Wildman–Crippen LogP) is -0.893.